The normalized spacial score (nSPS) is 25.7. The highest BCUT2D eigenvalue weighted by atomic mass is 16.6. The first-order valence-corrected chi connectivity index (χ1v) is 11.9. The van der Waals surface area contributed by atoms with Gasteiger partial charge in [-0.2, -0.15) is 0 Å². The van der Waals surface area contributed by atoms with Crippen LogP contribution < -0.4 is 31.4 Å². The second kappa shape index (κ2) is 9.53. The van der Waals surface area contributed by atoms with Crippen LogP contribution in [0, 0.1) is 0 Å². The molecule has 2 aromatic rings. The Morgan fingerprint density at radius 3 is 2.38 bits per heavy atom. The van der Waals surface area contributed by atoms with Crippen molar-refractivity contribution >= 4 is 25.2 Å². The van der Waals surface area contributed by atoms with Crippen molar-refractivity contribution in [1.82, 2.24) is 5.32 Å². The maximum atomic E-state index is 6.04. The van der Waals surface area contributed by atoms with Crippen LogP contribution in [0.1, 0.15) is 44.1 Å². The smallest absolute Gasteiger partial charge is 0.491 e. The van der Waals surface area contributed by atoms with Gasteiger partial charge >= 0.3 is 14.2 Å². The Morgan fingerprint density at radius 1 is 0.971 bits per heavy atom. The minimum Gasteiger partial charge on any atom is -0.491 e. The van der Waals surface area contributed by atoms with Gasteiger partial charge in [-0.25, -0.2) is 0 Å². The van der Waals surface area contributed by atoms with E-state index in [1.807, 2.05) is 58.2 Å². The molecule has 10 heteroatoms. The number of ether oxygens (including phenoxy) is 2. The summed E-state index contributed by atoms with van der Waals surface area (Å²) in [6, 6.07) is 12.1. The minimum atomic E-state index is -0.322. The number of rotatable bonds is 3. The quantitative estimate of drug-likeness (QED) is 0.650. The molecule has 6 rings (SSSR count). The van der Waals surface area contributed by atoms with Crippen LogP contribution in [-0.2, 0) is 18.6 Å². The third-order valence-electron chi connectivity index (χ3n) is 6.34. The van der Waals surface area contributed by atoms with Gasteiger partial charge in [-0.15, -0.1) is 0 Å². The van der Waals surface area contributed by atoms with Crippen molar-refractivity contribution in [1.29, 1.82) is 0 Å². The van der Waals surface area contributed by atoms with Gasteiger partial charge in [0, 0.05) is 24.0 Å². The van der Waals surface area contributed by atoms with Crippen molar-refractivity contribution in [3.05, 3.63) is 47.5 Å². The van der Waals surface area contributed by atoms with Gasteiger partial charge in [0.25, 0.3) is 0 Å². The van der Waals surface area contributed by atoms with E-state index in [1.165, 1.54) is 5.56 Å². The van der Waals surface area contributed by atoms with Gasteiger partial charge < -0.3 is 39.1 Å². The van der Waals surface area contributed by atoms with Crippen molar-refractivity contribution in [2.24, 2.45) is 5.73 Å². The summed E-state index contributed by atoms with van der Waals surface area (Å²) >= 11 is 0. The molecular weight excluding hydrogens is 434 g/mol. The van der Waals surface area contributed by atoms with Crippen LogP contribution in [0.3, 0.4) is 0 Å². The molecule has 0 saturated heterocycles. The van der Waals surface area contributed by atoms with Crippen molar-refractivity contribution in [2.45, 2.75) is 44.7 Å². The molecule has 0 aliphatic carbocycles. The summed E-state index contributed by atoms with van der Waals surface area (Å²) in [4.78, 5) is 0. The fourth-order valence-corrected chi connectivity index (χ4v) is 4.79. The largest absolute Gasteiger partial charge is 0.498 e. The Morgan fingerprint density at radius 2 is 1.65 bits per heavy atom. The van der Waals surface area contributed by atoms with Crippen LogP contribution in [0.5, 0.6) is 11.5 Å². The minimum absolute atomic E-state index is 0.0294. The zero-order valence-electron chi connectivity index (χ0n) is 20.2. The maximum Gasteiger partial charge on any atom is 0.498 e. The molecule has 0 spiro atoms. The van der Waals surface area contributed by atoms with Crippen LogP contribution in [0.2, 0.25) is 0 Å². The third kappa shape index (κ3) is 4.46. The average molecular weight is 466 g/mol. The number of benzene rings is 2. The molecule has 0 amide bonds. The van der Waals surface area contributed by atoms with Crippen LogP contribution in [0.15, 0.2) is 36.4 Å². The predicted octanol–water partition coefficient (Wildman–Crippen LogP) is 1.07. The lowest BCUT2D eigenvalue weighted by molar-refractivity contribution is 0.0433. The predicted molar refractivity (Wildman–Crippen MR) is 131 cm³/mol. The van der Waals surface area contributed by atoms with E-state index in [4.69, 9.17) is 33.8 Å². The molecule has 0 bridgehead atoms. The lowest BCUT2D eigenvalue weighted by Gasteiger charge is -2.25. The maximum absolute atomic E-state index is 6.04. The molecule has 180 valence electrons. The average Bonchev–Trinajstić information content (AvgIpc) is 3.25. The van der Waals surface area contributed by atoms with Crippen molar-refractivity contribution in [3.8, 4) is 11.5 Å². The number of nitrogens with two attached hydrogens (primary N) is 1. The highest BCUT2D eigenvalue weighted by Gasteiger charge is 2.44. The Balaban J connectivity index is 0.000000142. The van der Waals surface area contributed by atoms with E-state index in [0.29, 0.717) is 19.8 Å². The van der Waals surface area contributed by atoms with E-state index in [-0.39, 0.29) is 38.1 Å². The number of hydrogen-bond acceptors (Lipinski definition) is 8. The van der Waals surface area contributed by atoms with Gasteiger partial charge in [0.15, 0.2) is 0 Å². The van der Waals surface area contributed by atoms with E-state index < -0.39 is 0 Å². The molecule has 0 aromatic heterocycles. The second-order valence-electron chi connectivity index (χ2n) is 9.66. The summed E-state index contributed by atoms with van der Waals surface area (Å²) < 4.78 is 35.1. The molecule has 4 heterocycles. The van der Waals surface area contributed by atoms with E-state index in [0.717, 1.165) is 34.5 Å². The Hall–Kier alpha value is -2.07. The van der Waals surface area contributed by atoms with Crippen LogP contribution in [0.25, 0.3) is 0 Å². The van der Waals surface area contributed by atoms with Gasteiger partial charge in [-0.05, 0) is 51.1 Å². The number of hydrogen-bond donors (Lipinski definition) is 2. The fraction of sp³-hybridized carbons (Fsp3) is 0.500. The first-order valence-electron chi connectivity index (χ1n) is 11.9. The SMILES string of the molecule is CC1COc2cccc3c2B(O1)OC3CN.CNCC1OB2OCC(C)(C)Oc3cccc1c32. The Bertz CT molecular complexity index is 1040. The third-order valence-corrected chi connectivity index (χ3v) is 6.34. The molecular formula is C24H32B2N2O6. The van der Waals surface area contributed by atoms with Crippen LogP contribution in [-0.4, -0.2) is 59.3 Å². The molecule has 0 fully saturated rings. The molecule has 8 nitrogen and oxygen atoms in total. The molecule has 3 atom stereocenters. The van der Waals surface area contributed by atoms with Gasteiger partial charge in [-0.1, -0.05) is 24.3 Å². The monoisotopic (exact) mass is 466 g/mol. The summed E-state index contributed by atoms with van der Waals surface area (Å²) in [5.41, 5.74) is 9.71. The summed E-state index contributed by atoms with van der Waals surface area (Å²) in [6.45, 7) is 8.35. The molecule has 0 radical (unpaired) electrons. The molecule has 4 aliphatic heterocycles. The molecule has 3 N–H and O–H groups in total. The van der Waals surface area contributed by atoms with E-state index in [2.05, 4.69) is 11.4 Å². The lowest BCUT2D eigenvalue weighted by Crippen LogP contribution is -2.35. The highest BCUT2D eigenvalue weighted by Crippen LogP contribution is 2.33. The van der Waals surface area contributed by atoms with Gasteiger partial charge in [-0.3, -0.25) is 0 Å². The van der Waals surface area contributed by atoms with E-state index >= 15 is 0 Å². The standard InChI is InChI=1S/C13H18BNO3.C11H14BNO3/c1-13(2)8-16-14-12-9(11(18-14)7-15-3)5-4-6-10(12)17-13;1-7-6-14-9-4-2-3-8-10(5-13)16-12(15-7)11(8)9/h4-6,11,15H,7-8H2,1-3H3;2-4,7,10H,5-6,13H2,1H3. The molecule has 34 heavy (non-hydrogen) atoms. The zero-order chi connectivity index (χ0) is 23.9. The van der Waals surface area contributed by atoms with Crippen LogP contribution >= 0.6 is 0 Å². The van der Waals surface area contributed by atoms with Gasteiger partial charge in [0.1, 0.15) is 23.7 Å². The first-order chi connectivity index (χ1) is 16.4. The van der Waals surface area contributed by atoms with Crippen LogP contribution in [0.4, 0.5) is 0 Å². The Kier molecular flexibility index (Phi) is 6.63. The molecule has 4 aliphatic rings. The first kappa shape index (κ1) is 23.7. The summed E-state index contributed by atoms with van der Waals surface area (Å²) in [6.07, 6.45) is -0.00427. The van der Waals surface area contributed by atoms with Gasteiger partial charge in [0.2, 0.25) is 0 Å². The summed E-state index contributed by atoms with van der Waals surface area (Å²) in [7, 11) is 1.31. The summed E-state index contributed by atoms with van der Waals surface area (Å²) in [5.74, 6) is 1.75. The Labute approximate surface area is 201 Å². The summed E-state index contributed by atoms with van der Waals surface area (Å²) in [5, 5.41) is 3.15. The van der Waals surface area contributed by atoms with Crippen molar-refractivity contribution in [2.75, 3.05) is 33.4 Å². The number of nitrogens with one attached hydrogen (secondary N) is 1. The highest BCUT2D eigenvalue weighted by molar-refractivity contribution is 6.64. The van der Waals surface area contributed by atoms with Crippen molar-refractivity contribution in [3.63, 3.8) is 0 Å². The zero-order valence-corrected chi connectivity index (χ0v) is 20.2. The van der Waals surface area contributed by atoms with Crippen molar-refractivity contribution < 1.29 is 28.1 Å². The molecule has 2 aromatic carbocycles. The number of likely N-dealkylation sites (N-methyl/N-ethyl adjacent to an activating group) is 1. The topological polar surface area (TPSA) is 93.4 Å². The molecule has 3 unspecified atom stereocenters. The van der Waals surface area contributed by atoms with E-state index in [1.54, 1.807) is 0 Å². The lowest BCUT2D eigenvalue weighted by atomic mass is 9.77. The van der Waals surface area contributed by atoms with E-state index in [9.17, 15) is 0 Å². The molecule has 0 saturated carbocycles. The van der Waals surface area contributed by atoms with Gasteiger partial charge in [0.05, 0.1) is 24.9 Å². The fourth-order valence-electron chi connectivity index (χ4n) is 4.79. The second-order valence-corrected chi connectivity index (χ2v) is 9.66.